The zero-order chi connectivity index (χ0) is 18.8. The summed E-state index contributed by atoms with van der Waals surface area (Å²) in [6.45, 7) is 6.88. The molecule has 1 aromatic carbocycles. The predicted octanol–water partition coefficient (Wildman–Crippen LogP) is 4.01. The van der Waals surface area contributed by atoms with E-state index in [1.54, 1.807) is 13.1 Å². The van der Waals surface area contributed by atoms with E-state index in [0.717, 1.165) is 17.5 Å². The second kappa shape index (κ2) is 10.7. The molecule has 0 aliphatic rings. The summed E-state index contributed by atoms with van der Waals surface area (Å²) < 4.78 is 10.7. The van der Waals surface area contributed by atoms with Crippen LogP contribution >= 0.6 is 11.3 Å². The summed E-state index contributed by atoms with van der Waals surface area (Å²) in [5.74, 6) is -0.275. The van der Waals surface area contributed by atoms with Crippen LogP contribution in [-0.4, -0.2) is 29.9 Å². The van der Waals surface area contributed by atoms with E-state index in [-0.39, 0.29) is 18.5 Å². The van der Waals surface area contributed by atoms with Gasteiger partial charge in [-0.1, -0.05) is 31.2 Å². The molecule has 0 saturated carbocycles. The Morgan fingerprint density at radius 3 is 2.96 bits per heavy atom. The first-order chi connectivity index (χ1) is 12.6. The standard InChI is InChI=1S/C19H25N3O3S/c1-4-14(3)25-12-16-9-7-6-8-15(16)11-20-22-19-21-17(13-26-19)10-18(23)24-5-2/h6-9,11,13-14H,4-5,10,12H2,1-3H3,(H,21,22). The van der Waals surface area contributed by atoms with Gasteiger partial charge in [0.15, 0.2) is 0 Å². The van der Waals surface area contributed by atoms with Crippen molar-refractivity contribution in [2.24, 2.45) is 5.10 Å². The minimum absolute atomic E-state index is 0.172. The maximum atomic E-state index is 11.5. The van der Waals surface area contributed by atoms with Gasteiger partial charge in [0.1, 0.15) is 0 Å². The molecule has 0 bridgehead atoms. The highest BCUT2D eigenvalue weighted by Gasteiger charge is 2.08. The van der Waals surface area contributed by atoms with E-state index in [4.69, 9.17) is 9.47 Å². The van der Waals surface area contributed by atoms with Crippen LogP contribution in [0, 0.1) is 0 Å². The highest BCUT2D eigenvalue weighted by Crippen LogP contribution is 2.16. The average Bonchev–Trinajstić information content (AvgIpc) is 3.07. The normalized spacial score (nSPS) is 12.3. The molecule has 2 rings (SSSR count). The lowest BCUT2D eigenvalue weighted by Gasteiger charge is -2.12. The molecule has 26 heavy (non-hydrogen) atoms. The molecule has 0 spiro atoms. The fourth-order valence-corrected chi connectivity index (χ4v) is 2.76. The zero-order valence-corrected chi connectivity index (χ0v) is 16.2. The predicted molar refractivity (Wildman–Crippen MR) is 105 cm³/mol. The summed E-state index contributed by atoms with van der Waals surface area (Å²) >= 11 is 1.40. The van der Waals surface area contributed by atoms with Gasteiger partial charge in [0, 0.05) is 10.9 Å². The first-order valence-corrected chi connectivity index (χ1v) is 9.58. The fraction of sp³-hybridized carbons (Fsp3) is 0.421. The Hall–Kier alpha value is -2.25. The van der Waals surface area contributed by atoms with Crippen LogP contribution < -0.4 is 5.43 Å². The minimum atomic E-state index is -0.275. The first kappa shape index (κ1) is 20.1. The van der Waals surface area contributed by atoms with E-state index >= 15 is 0 Å². The maximum absolute atomic E-state index is 11.5. The van der Waals surface area contributed by atoms with Crippen molar-refractivity contribution in [3.63, 3.8) is 0 Å². The molecule has 0 aliphatic heterocycles. The number of anilines is 1. The Morgan fingerprint density at radius 2 is 2.19 bits per heavy atom. The maximum Gasteiger partial charge on any atom is 0.311 e. The van der Waals surface area contributed by atoms with Crippen LogP contribution in [0.5, 0.6) is 0 Å². The van der Waals surface area contributed by atoms with Crippen molar-refractivity contribution in [1.29, 1.82) is 0 Å². The van der Waals surface area contributed by atoms with Gasteiger partial charge in [-0.25, -0.2) is 4.98 Å². The van der Waals surface area contributed by atoms with Gasteiger partial charge in [0.2, 0.25) is 5.13 Å². The number of benzene rings is 1. The monoisotopic (exact) mass is 375 g/mol. The molecule has 0 saturated heterocycles. The van der Waals surface area contributed by atoms with Gasteiger partial charge >= 0.3 is 5.97 Å². The highest BCUT2D eigenvalue weighted by atomic mass is 32.1. The molecule has 0 amide bonds. The van der Waals surface area contributed by atoms with Crippen LogP contribution in [0.1, 0.15) is 44.0 Å². The number of carbonyl (C=O) groups is 1. The number of thiazole rings is 1. The topological polar surface area (TPSA) is 72.8 Å². The van der Waals surface area contributed by atoms with E-state index in [0.29, 0.717) is 24.0 Å². The number of nitrogens with one attached hydrogen (secondary N) is 1. The van der Waals surface area contributed by atoms with Crippen molar-refractivity contribution in [3.05, 3.63) is 46.5 Å². The Kier molecular flexibility index (Phi) is 8.24. The molecule has 0 radical (unpaired) electrons. The summed E-state index contributed by atoms with van der Waals surface area (Å²) in [7, 11) is 0. The van der Waals surface area contributed by atoms with Gasteiger partial charge in [-0.05, 0) is 25.8 Å². The van der Waals surface area contributed by atoms with Crippen LogP contribution in [0.25, 0.3) is 0 Å². The van der Waals surface area contributed by atoms with Crippen molar-refractivity contribution < 1.29 is 14.3 Å². The van der Waals surface area contributed by atoms with Crippen molar-refractivity contribution in [1.82, 2.24) is 4.98 Å². The van der Waals surface area contributed by atoms with Crippen molar-refractivity contribution >= 4 is 28.7 Å². The van der Waals surface area contributed by atoms with E-state index in [2.05, 4.69) is 29.4 Å². The van der Waals surface area contributed by atoms with E-state index in [9.17, 15) is 4.79 Å². The molecule has 1 atom stereocenters. The molecule has 1 heterocycles. The van der Waals surface area contributed by atoms with Crippen LogP contribution in [-0.2, 0) is 27.3 Å². The van der Waals surface area contributed by atoms with E-state index in [1.165, 1.54) is 11.3 Å². The number of hydrogen-bond donors (Lipinski definition) is 1. The molecule has 2 aromatic rings. The van der Waals surface area contributed by atoms with Crippen LogP contribution in [0.2, 0.25) is 0 Å². The Labute approximate surface area is 158 Å². The lowest BCUT2D eigenvalue weighted by Crippen LogP contribution is -2.08. The summed E-state index contributed by atoms with van der Waals surface area (Å²) in [6.07, 6.45) is 3.13. The summed E-state index contributed by atoms with van der Waals surface area (Å²) in [4.78, 5) is 15.8. The molecule has 1 aromatic heterocycles. The molecule has 1 unspecified atom stereocenters. The van der Waals surface area contributed by atoms with Crippen LogP contribution in [0.4, 0.5) is 5.13 Å². The zero-order valence-electron chi connectivity index (χ0n) is 15.4. The number of hydrazone groups is 1. The molecule has 140 valence electrons. The molecule has 0 fully saturated rings. The fourth-order valence-electron chi connectivity index (χ4n) is 2.10. The largest absolute Gasteiger partial charge is 0.466 e. The highest BCUT2D eigenvalue weighted by molar-refractivity contribution is 7.13. The molecule has 0 aliphatic carbocycles. The summed E-state index contributed by atoms with van der Waals surface area (Å²) in [5, 5.41) is 6.71. The average molecular weight is 375 g/mol. The second-order valence-electron chi connectivity index (χ2n) is 5.72. The van der Waals surface area contributed by atoms with Crippen molar-refractivity contribution in [2.75, 3.05) is 12.0 Å². The first-order valence-electron chi connectivity index (χ1n) is 8.71. The minimum Gasteiger partial charge on any atom is -0.466 e. The number of esters is 1. The summed E-state index contributed by atoms with van der Waals surface area (Å²) in [5.41, 5.74) is 5.66. The van der Waals surface area contributed by atoms with Gasteiger partial charge in [-0.15, -0.1) is 11.3 Å². The third kappa shape index (κ3) is 6.57. The smallest absolute Gasteiger partial charge is 0.311 e. The Morgan fingerprint density at radius 1 is 1.38 bits per heavy atom. The van der Waals surface area contributed by atoms with Crippen molar-refractivity contribution in [3.8, 4) is 0 Å². The number of hydrogen-bond acceptors (Lipinski definition) is 7. The number of carbonyl (C=O) groups excluding carboxylic acids is 1. The molecule has 7 heteroatoms. The van der Waals surface area contributed by atoms with Gasteiger partial charge < -0.3 is 9.47 Å². The van der Waals surface area contributed by atoms with Crippen LogP contribution in [0.3, 0.4) is 0 Å². The molecule has 6 nitrogen and oxygen atoms in total. The van der Waals surface area contributed by atoms with Gasteiger partial charge in [0.25, 0.3) is 0 Å². The van der Waals surface area contributed by atoms with Gasteiger partial charge in [-0.2, -0.15) is 5.10 Å². The van der Waals surface area contributed by atoms with Crippen molar-refractivity contribution in [2.45, 2.75) is 46.3 Å². The molecular formula is C19H25N3O3S. The van der Waals surface area contributed by atoms with Crippen LogP contribution in [0.15, 0.2) is 34.7 Å². The SMILES string of the molecule is CCOC(=O)Cc1csc(NN=Cc2ccccc2COC(C)CC)n1. The lowest BCUT2D eigenvalue weighted by atomic mass is 10.1. The number of ether oxygens (including phenoxy) is 2. The quantitative estimate of drug-likeness (QED) is 0.386. The number of aromatic nitrogens is 1. The van der Waals surface area contributed by atoms with Gasteiger partial charge in [0.05, 0.1) is 37.6 Å². The molecular weight excluding hydrogens is 350 g/mol. The Balaban J connectivity index is 1.92. The second-order valence-corrected chi connectivity index (χ2v) is 6.58. The van der Waals surface area contributed by atoms with E-state index in [1.807, 2.05) is 29.6 Å². The number of rotatable bonds is 10. The number of nitrogens with zero attached hydrogens (tertiary/aromatic N) is 2. The summed E-state index contributed by atoms with van der Waals surface area (Å²) in [6, 6.07) is 7.98. The van der Waals surface area contributed by atoms with E-state index < -0.39 is 0 Å². The Bertz CT molecular complexity index is 730. The molecule has 1 N–H and O–H groups in total. The lowest BCUT2D eigenvalue weighted by molar-refractivity contribution is -0.142. The van der Waals surface area contributed by atoms with Gasteiger partial charge in [-0.3, -0.25) is 10.2 Å². The third-order valence-electron chi connectivity index (χ3n) is 3.70. The third-order valence-corrected chi connectivity index (χ3v) is 4.50.